The molecule has 0 saturated carbocycles. The van der Waals surface area contributed by atoms with Crippen LogP contribution in [0.4, 0.5) is 0 Å². The molecule has 8 heteroatoms. The lowest BCUT2D eigenvalue weighted by Gasteiger charge is -2.33. The third-order valence-electron chi connectivity index (χ3n) is 2.85. The van der Waals surface area contributed by atoms with E-state index in [-0.39, 0.29) is 12.4 Å². The van der Waals surface area contributed by atoms with Gasteiger partial charge in [0.15, 0.2) is 11.9 Å². The lowest BCUT2D eigenvalue weighted by molar-refractivity contribution is -0.170. The Balaban J connectivity index is 3.17. The second kappa shape index (κ2) is 8.83. The average molecular weight is 368 g/mol. The van der Waals surface area contributed by atoms with Gasteiger partial charge in [-0.25, -0.2) is 0 Å². The molecule has 1 aliphatic heterocycles. The predicted octanol–water partition coefficient (Wildman–Crippen LogP) is 1.58. The second-order valence-electron chi connectivity index (χ2n) is 6.61. The van der Waals surface area contributed by atoms with Gasteiger partial charge in [-0.05, 0) is 6.08 Å². The van der Waals surface area contributed by atoms with Gasteiger partial charge in [-0.1, -0.05) is 25.6 Å². The summed E-state index contributed by atoms with van der Waals surface area (Å²) in [7, 11) is -1.65. The number of rotatable bonds is 4. The van der Waals surface area contributed by atoms with Crippen LogP contribution in [0, 0.1) is 11.5 Å². The fraction of sp³-hybridized carbons (Fsp3) is 0.588. The summed E-state index contributed by atoms with van der Waals surface area (Å²) >= 11 is 0. The van der Waals surface area contributed by atoms with Gasteiger partial charge in [0.1, 0.15) is 26.9 Å². The molecule has 138 valence electrons. The molecule has 0 aromatic heterocycles. The molecule has 1 heterocycles. The van der Waals surface area contributed by atoms with E-state index in [0.29, 0.717) is 0 Å². The highest BCUT2D eigenvalue weighted by molar-refractivity contribution is 6.83. The molecule has 0 aromatic rings. The molecule has 0 aliphatic carbocycles. The first-order chi connectivity index (χ1) is 11.5. The van der Waals surface area contributed by atoms with Crippen LogP contribution in [-0.2, 0) is 33.3 Å². The standard InChI is InChI=1S/C17H24O7Si/c1-11(18)21-10-16-17(23-13(3)20)15(22-12(2)19)9-14(24-16)7-8-25(4,5)6/h9,14,16-17H,10H2,1-6H3/t14?,16?,17-/m0/s1. The maximum atomic E-state index is 11.4. The lowest BCUT2D eigenvalue weighted by atomic mass is 10.1. The molecular formula is C17H24O7Si. The van der Waals surface area contributed by atoms with Crippen LogP contribution in [0.15, 0.2) is 11.8 Å². The molecule has 0 amide bonds. The highest BCUT2D eigenvalue weighted by atomic mass is 28.3. The number of hydrogen-bond acceptors (Lipinski definition) is 7. The van der Waals surface area contributed by atoms with Crippen molar-refractivity contribution in [1.82, 2.24) is 0 Å². The Bertz CT molecular complexity index is 621. The Morgan fingerprint density at radius 1 is 1.12 bits per heavy atom. The van der Waals surface area contributed by atoms with E-state index in [1.54, 1.807) is 0 Å². The largest absolute Gasteiger partial charge is 0.463 e. The Morgan fingerprint density at radius 2 is 1.76 bits per heavy atom. The third-order valence-corrected chi connectivity index (χ3v) is 3.74. The Hall–Kier alpha value is -2.11. The summed E-state index contributed by atoms with van der Waals surface area (Å²) in [5.41, 5.74) is 3.17. The number of ether oxygens (including phenoxy) is 4. The van der Waals surface area contributed by atoms with Crippen LogP contribution < -0.4 is 0 Å². The van der Waals surface area contributed by atoms with E-state index in [4.69, 9.17) is 18.9 Å². The van der Waals surface area contributed by atoms with Crippen molar-refractivity contribution >= 4 is 26.0 Å². The Morgan fingerprint density at radius 3 is 2.24 bits per heavy atom. The van der Waals surface area contributed by atoms with Crippen molar-refractivity contribution in [3.05, 3.63) is 11.8 Å². The van der Waals surface area contributed by atoms with Crippen LogP contribution in [0.2, 0.25) is 19.6 Å². The van der Waals surface area contributed by atoms with Crippen molar-refractivity contribution in [2.75, 3.05) is 6.61 Å². The molecular weight excluding hydrogens is 344 g/mol. The lowest BCUT2D eigenvalue weighted by Crippen LogP contribution is -2.45. The normalized spacial score (nSPS) is 22.8. The van der Waals surface area contributed by atoms with Crippen LogP contribution in [0.5, 0.6) is 0 Å². The summed E-state index contributed by atoms with van der Waals surface area (Å²) in [4.78, 5) is 33.9. The zero-order chi connectivity index (χ0) is 19.2. The smallest absolute Gasteiger partial charge is 0.307 e. The maximum absolute atomic E-state index is 11.4. The zero-order valence-corrected chi connectivity index (χ0v) is 16.4. The molecule has 0 fully saturated rings. The highest BCUT2D eigenvalue weighted by Gasteiger charge is 2.38. The molecule has 2 unspecified atom stereocenters. The zero-order valence-electron chi connectivity index (χ0n) is 15.4. The quantitative estimate of drug-likeness (QED) is 0.322. The first-order valence-corrected chi connectivity index (χ1v) is 11.4. The average Bonchev–Trinajstić information content (AvgIpc) is 2.43. The van der Waals surface area contributed by atoms with Crippen LogP contribution in [0.1, 0.15) is 20.8 Å². The second-order valence-corrected chi connectivity index (χ2v) is 11.4. The van der Waals surface area contributed by atoms with Gasteiger partial charge in [0.2, 0.25) is 0 Å². The molecule has 1 rings (SSSR count). The molecule has 0 spiro atoms. The van der Waals surface area contributed by atoms with Gasteiger partial charge >= 0.3 is 17.9 Å². The number of carbonyl (C=O) groups excluding carboxylic acids is 3. The third kappa shape index (κ3) is 8.00. The van der Waals surface area contributed by atoms with Gasteiger partial charge < -0.3 is 18.9 Å². The Kier molecular flexibility index (Phi) is 7.39. The molecule has 1 aliphatic rings. The molecule has 7 nitrogen and oxygen atoms in total. The van der Waals surface area contributed by atoms with Gasteiger partial charge in [0.25, 0.3) is 0 Å². The molecule has 0 aromatic carbocycles. The SMILES string of the molecule is CC(=O)OCC1OC(C#C[Si](C)(C)C)C=C(OC(C)=O)[C@@H]1OC(C)=O. The van der Waals surface area contributed by atoms with Crippen molar-refractivity contribution in [1.29, 1.82) is 0 Å². The van der Waals surface area contributed by atoms with Crippen LogP contribution >= 0.6 is 0 Å². The minimum absolute atomic E-state index is 0.126. The number of carbonyl (C=O) groups is 3. The summed E-state index contributed by atoms with van der Waals surface area (Å²) in [5, 5.41) is 0. The van der Waals surface area contributed by atoms with Gasteiger partial charge in [-0.3, -0.25) is 14.4 Å². The molecule has 0 N–H and O–H groups in total. The van der Waals surface area contributed by atoms with Gasteiger partial charge in [-0.15, -0.1) is 5.54 Å². The maximum Gasteiger partial charge on any atom is 0.307 e. The predicted molar refractivity (Wildman–Crippen MR) is 91.8 cm³/mol. The van der Waals surface area contributed by atoms with Gasteiger partial charge in [-0.2, -0.15) is 0 Å². The summed E-state index contributed by atoms with van der Waals surface area (Å²) in [6.45, 7) is 9.81. The van der Waals surface area contributed by atoms with Gasteiger partial charge in [0.05, 0.1) is 0 Å². The van der Waals surface area contributed by atoms with E-state index < -0.39 is 44.3 Å². The molecule has 25 heavy (non-hydrogen) atoms. The monoisotopic (exact) mass is 368 g/mol. The van der Waals surface area contributed by atoms with E-state index in [9.17, 15) is 14.4 Å². The number of esters is 3. The van der Waals surface area contributed by atoms with Crippen LogP contribution in [-0.4, -0.2) is 50.9 Å². The fourth-order valence-electron chi connectivity index (χ4n) is 1.99. The molecule has 0 bridgehead atoms. The van der Waals surface area contributed by atoms with Crippen molar-refractivity contribution in [3.8, 4) is 11.5 Å². The van der Waals surface area contributed by atoms with Crippen molar-refractivity contribution in [2.24, 2.45) is 0 Å². The highest BCUT2D eigenvalue weighted by Crippen LogP contribution is 2.24. The minimum Gasteiger partial charge on any atom is -0.463 e. The summed E-state index contributed by atoms with van der Waals surface area (Å²) in [6, 6.07) is 0. The van der Waals surface area contributed by atoms with Crippen molar-refractivity contribution in [2.45, 2.75) is 58.7 Å². The van der Waals surface area contributed by atoms with E-state index in [0.717, 1.165) is 0 Å². The fourth-order valence-corrected chi connectivity index (χ4v) is 2.56. The van der Waals surface area contributed by atoms with E-state index in [1.165, 1.54) is 26.8 Å². The van der Waals surface area contributed by atoms with Crippen LogP contribution in [0.3, 0.4) is 0 Å². The van der Waals surface area contributed by atoms with E-state index >= 15 is 0 Å². The van der Waals surface area contributed by atoms with Crippen molar-refractivity contribution in [3.63, 3.8) is 0 Å². The van der Waals surface area contributed by atoms with Crippen molar-refractivity contribution < 1.29 is 33.3 Å². The first-order valence-electron chi connectivity index (χ1n) is 7.87. The van der Waals surface area contributed by atoms with Crippen LogP contribution in [0.25, 0.3) is 0 Å². The first kappa shape index (κ1) is 20.9. The summed E-state index contributed by atoms with van der Waals surface area (Å²) < 4.78 is 21.1. The van der Waals surface area contributed by atoms with E-state index in [2.05, 4.69) is 31.1 Å². The minimum atomic E-state index is -1.65. The number of hydrogen-bond donors (Lipinski definition) is 0. The summed E-state index contributed by atoms with van der Waals surface area (Å²) in [5.74, 6) is 1.48. The topological polar surface area (TPSA) is 88.1 Å². The van der Waals surface area contributed by atoms with E-state index in [1.807, 2.05) is 0 Å². The molecule has 3 atom stereocenters. The van der Waals surface area contributed by atoms with Gasteiger partial charge in [0, 0.05) is 20.8 Å². The molecule has 0 radical (unpaired) electrons. The Labute approximate surface area is 148 Å². The summed E-state index contributed by atoms with van der Waals surface area (Å²) in [6.07, 6.45) is -0.973. The molecule has 0 saturated heterocycles.